The third-order valence-corrected chi connectivity index (χ3v) is 3.82. The normalized spacial score (nSPS) is 11.6. The molecule has 1 aromatic carbocycles. The third-order valence-electron chi connectivity index (χ3n) is 2.47. The van der Waals surface area contributed by atoms with Crippen molar-refractivity contribution < 1.29 is 17.6 Å². The van der Waals surface area contributed by atoms with Gasteiger partial charge in [0.25, 0.3) is 15.0 Å². The van der Waals surface area contributed by atoms with Crippen LogP contribution in [0.5, 0.6) is 0 Å². The quantitative estimate of drug-likeness (QED) is 0.850. The number of hydrogen-bond donors (Lipinski definition) is 1. The summed E-state index contributed by atoms with van der Waals surface area (Å²) in [7, 11) is 1.17. The van der Waals surface area contributed by atoms with Crippen molar-refractivity contribution in [2.24, 2.45) is 5.92 Å². The smallest absolute Gasteiger partial charge is 0.261 e. The van der Waals surface area contributed by atoms with Crippen molar-refractivity contribution in [3.63, 3.8) is 0 Å². The van der Waals surface area contributed by atoms with Gasteiger partial charge in [-0.3, -0.25) is 4.79 Å². The summed E-state index contributed by atoms with van der Waals surface area (Å²) >= 11 is 0. The van der Waals surface area contributed by atoms with E-state index in [9.17, 15) is 17.6 Å². The summed E-state index contributed by atoms with van der Waals surface area (Å²) in [6.07, 6.45) is 0.751. The van der Waals surface area contributed by atoms with Gasteiger partial charge in [-0.1, -0.05) is 13.8 Å². The topological polar surface area (TPSA) is 63.2 Å². The third kappa shape index (κ3) is 4.80. The van der Waals surface area contributed by atoms with Crippen LogP contribution in [0.3, 0.4) is 0 Å². The van der Waals surface area contributed by atoms with E-state index in [1.165, 1.54) is 0 Å². The molecule has 0 spiro atoms. The van der Waals surface area contributed by atoms with Gasteiger partial charge in [0.2, 0.25) is 0 Å². The molecule has 0 heterocycles. The average Bonchev–Trinajstić information content (AvgIpc) is 2.27. The minimum absolute atomic E-state index is 0.301. The molecule has 0 saturated heterocycles. The van der Waals surface area contributed by atoms with Crippen LogP contribution >= 0.6 is 10.7 Å². The number of rotatable bonds is 5. The molecule has 1 rings (SSSR count). The summed E-state index contributed by atoms with van der Waals surface area (Å²) in [5.74, 6) is -1.04. The summed E-state index contributed by atoms with van der Waals surface area (Å²) in [6.45, 7) is 4.38. The summed E-state index contributed by atoms with van der Waals surface area (Å²) < 4.78 is 35.8. The molecule has 0 saturated carbocycles. The summed E-state index contributed by atoms with van der Waals surface area (Å²) in [4.78, 5) is 11.4. The van der Waals surface area contributed by atoms with E-state index < -0.39 is 20.8 Å². The molecule has 0 bridgehead atoms. The van der Waals surface area contributed by atoms with E-state index in [1.807, 2.05) is 13.8 Å². The first-order valence-electron chi connectivity index (χ1n) is 5.74. The second-order valence-electron chi connectivity index (χ2n) is 4.52. The Morgan fingerprint density at radius 3 is 2.58 bits per heavy atom. The molecular formula is C12H15ClFNO3S. The van der Waals surface area contributed by atoms with Crippen LogP contribution in [0, 0.1) is 11.7 Å². The SMILES string of the molecule is CC(C)CCNC(=O)c1cc(S(=O)(=O)Cl)ccc1F. The Labute approximate surface area is 116 Å². The highest BCUT2D eigenvalue weighted by Gasteiger charge is 2.17. The Hall–Kier alpha value is -1.14. The lowest BCUT2D eigenvalue weighted by Gasteiger charge is -2.08. The predicted octanol–water partition coefficient (Wildman–Crippen LogP) is 2.53. The number of halogens is 2. The van der Waals surface area contributed by atoms with Crippen LogP contribution in [0.15, 0.2) is 23.1 Å². The van der Waals surface area contributed by atoms with E-state index in [0.29, 0.717) is 12.5 Å². The lowest BCUT2D eigenvalue weighted by atomic mass is 10.1. The molecule has 1 aromatic rings. The zero-order valence-electron chi connectivity index (χ0n) is 10.6. The molecule has 0 fully saturated rings. The van der Waals surface area contributed by atoms with Crippen molar-refractivity contribution in [3.8, 4) is 0 Å². The molecular weight excluding hydrogens is 293 g/mol. The second kappa shape index (κ2) is 6.34. The molecule has 106 valence electrons. The number of hydrogen-bond acceptors (Lipinski definition) is 3. The summed E-state index contributed by atoms with van der Waals surface area (Å²) in [6, 6.07) is 2.86. The van der Waals surface area contributed by atoms with Gasteiger partial charge in [-0.15, -0.1) is 0 Å². The molecule has 19 heavy (non-hydrogen) atoms. The van der Waals surface area contributed by atoms with Crippen molar-refractivity contribution >= 4 is 25.6 Å². The van der Waals surface area contributed by atoms with Crippen LogP contribution in [0.1, 0.15) is 30.6 Å². The molecule has 7 heteroatoms. The maximum absolute atomic E-state index is 13.5. The zero-order chi connectivity index (χ0) is 14.6. The first kappa shape index (κ1) is 15.9. The monoisotopic (exact) mass is 307 g/mol. The number of benzene rings is 1. The van der Waals surface area contributed by atoms with Gasteiger partial charge in [-0.2, -0.15) is 0 Å². The Kier molecular flexibility index (Phi) is 5.31. The van der Waals surface area contributed by atoms with Gasteiger partial charge in [-0.05, 0) is 30.5 Å². The van der Waals surface area contributed by atoms with Gasteiger partial charge in [0.05, 0.1) is 10.5 Å². The molecule has 0 aliphatic heterocycles. The van der Waals surface area contributed by atoms with E-state index in [-0.39, 0.29) is 10.5 Å². The first-order chi connectivity index (χ1) is 8.71. The molecule has 0 aliphatic carbocycles. The average molecular weight is 308 g/mol. The minimum atomic E-state index is -3.98. The lowest BCUT2D eigenvalue weighted by molar-refractivity contribution is 0.0947. The minimum Gasteiger partial charge on any atom is -0.352 e. The molecule has 0 unspecified atom stereocenters. The Balaban J connectivity index is 2.90. The van der Waals surface area contributed by atoms with E-state index in [1.54, 1.807) is 0 Å². The van der Waals surface area contributed by atoms with E-state index in [2.05, 4.69) is 5.32 Å². The fourth-order valence-corrected chi connectivity index (χ4v) is 2.18. The van der Waals surface area contributed by atoms with Crippen molar-refractivity contribution in [1.29, 1.82) is 0 Å². The maximum atomic E-state index is 13.5. The Morgan fingerprint density at radius 1 is 1.42 bits per heavy atom. The van der Waals surface area contributed by atoms with Gasteiger partial charge in [-0.25, -0.2) is 12.8 Å². The molecule has 0 radical (unpaired) electrons. The number of nitrogens with one attached hydrogen (secondary N) is 1. The first-order valence-corrected chi connectivity index (χ1v) is 8.05. The van der Waals surface area contributed by atoms with Gasteiger partial charge >= 0.3 is 0 Å². The van der Waals surface area contributed by atoms with Crippen LogP contribution in [-0.4, -0.2) is 20.9 Å². The fourth-order valence-electron chi connectivity index (χ4n) is 1.40. The van der Waals surface area contributed by atoms with Crippen LogP contribution in [0.2, 0.25) is 0 Å². The Morgan fingerprint density at radius 2 is 2.05 bits per heavy atom. The molecule has 0 aromatic heterocycles. The van der Waals surface area contributed by atoms with Crippen LogP contribution in [0.25, 0.3) is 0 Å². The zero-order valence-corrected chi connectivity index (χ0v) is 12.2. The Bertz CT molecular complexity index is 572. The molecule has 0 atom stereocenters. The van der Waals surface area contributed by atoms with Gasteiger partial charge < -0.3 is 5.32 Å². The number of carbonyl (C=O) groups is 1. The standard InChI is InChI=1S/C12H15ClFNO3S/c1-8(2)5-6-15-12(16)10-7-9(19(13,17)18)3-4-11(10)14/h3-4,7-8H,5-6H2,1-2H3,(H,15,16). The molecule has 4 nitrogen and oxygen atoms in total. The summed E-state index contributed by atoms with van der Waals surface area (Å²) in [5, 5.41) is 2.53. The van der Waals surface area contributed by atoms with E-state index in [4.69, 9.17) is 10.7 Å². The highest BCUT2D eigenvalue weighted by Crippen LogP contribution is 2.18. The maximum Gasteiger partial charge on any atom is 0.261 e. The van der Waals surface area contributed by atoms with Crippen LogP contribution in [-0.2, 0) is 9.05 Å². The number of carbonyl (C=O) groups excluding carboxylic acids is 1. The predicted molar refractivity (Wildman–Crippen MR) is 71.2 cm³/mol. The van der Waals surface area contributed by atoms with Crippen molar-refractivity contribution in [2.75, 3.05) is 6.54 Å². The van der Waals surface area contributed by atoms with Gasteiger partial charge in [0.15, 0.2) is 0 Å². The lowest BCUT2D eigenvalue weighted by Crippen LogP contribution is -2.26. The number of amides is 1. The highest BCUT2D eigenvalue weighted by atomic mass is 35.7. The largest absolute Gasteiger partial charge is 0.352 e. The van der Waals surface area contributed by atoms with Crippen molar-refractivity contribution in [3.05, 3.63) is 29.6 Å². The van der Waals surface area contributed by atoms with E-state index in [0.717, 1.165) is 24.6 Å². The van der Waals surface area contributed by atoms with E-state index >= 15 is 0 Å². The fraction of sp³-hybridized carbons (Fsp3) is 0.417. The van der Waals surface area contributed by atoms with Gasteiger partial charge in [0, 0.05) is 17.2 Å². The van der Waals surface area contributed by atoms with Crippen LogP contribution < -0.4 is 5.32 Å². The van der Waals surface area contributed by atoms with Crippen molar-refractivity contribution in [2.45, 2.75) is 25.2 Å². The molecule has 1 N–H and O–H groups in total. The molecule has 0 aliphatic rings. The van der Waals surface area contributed by atoms with Crippen molar-refractivity contribution in [1.82, 2.24) is 5.32 Å². The van der Waals surface area contributed by atoms with Crippen LogP contribution in [0.4, 0.5) is 4.39 Å². The van der Waals surface area contributed by atoms with Gasteiger partial charge in [0.1, 0.15) is 5.82 Å². The second-order valence-corrected chi connectivity index (χ2v) is 7.08. The highest BCUT2D eigenvalue weighted by molar-refractivity contribution is 8.13. The molecule has 1 amide bonds. The summed E-state index contributed by atoms with van der Waals surface area (Å²) in [5.41, 5.74) is -0.328.